The molecule has 0 radical (unpaired) electrons. The van der Waals surface area contributed by atoms with Crippen LogP contribution in [0.5, 0.6) is 0 Å². The van der Waals surface area contributed by atoms with E-state index >= 15 is 0 Å². The third-order valence-corrected chi connectivity index (χ3v) is 3.39. The number of amides is 4. The van der Waals surface area contributed by atoms with Gasteiger partial charge in [0.2, 0.25) is 23.6 Å². The van der Waals surface area contributed by atoms with Gasteiger partial charge in [-0.25, -0.2) is 0 Å². The molecule has 0 aromatic carbocycles. The minimum absolute atomic E-state index is 0.0671. The number of aliphatic imine (C=N–C) groups is 1. The molecule has 8 N–H and O–H groups in total. The van der Waals surface area contributed by atoms with Gasteiger partial charge in [0.1, 0.15) is 18.1 Å². The molecule has 3 atom stereocenters. The quantitative estimate of drug-likeness (QED) is 0.138. The summed E-state index contributed by atoms with van der Waals surface area (Å²) in [6.07, 6.45) is 0.681. The molecule has 0 aromatic heterocycles. The van der Waals surface area contributed by atoms with Crippen LogP contribution in [-0.4, -0.2) is 61.3 Å². The number of likely N-dealkylation sites (N-methyl/N-ethyl adjacent to an activating group) is 1. The second kappa shape index (κ2) is 11.7. The van der Waals surface area contributed by atoms with Gasteiger partial charge in [-0.15, -0.1) is 0 Å². The SMILES string of the molecule is CNC(=O)[C@H](C)NC(=O)[C@H](CCCN=C(N)N)NC(=O)[C@H](C)NC(C)=O. The summed E-state index contributed by atoms with van der Waals surface area (Å²) in [6.45, 7) is 4.59. The highest BCUT2D eigenvalue weighted by Gasteiger charge is 2.25. The molecule has 0 unspecified atom stereocenters. The summed E-state index contributed by atoms with van der Waals surface area (Å²) >= 11 is 0. The molecule has 0 rings (SSSR count). The second-order valence-corrected chi connectivity index (χ2v) is 5.78. The van der Waals surface area contributed by atoms with Crippen molar-refractivity contribution in [2.24, 2.45) is 16.5 Å². The Bertz CT molecular complexity index is 546. The molecule has 0 heterocycles. The lowest BCUT2D eigenvalue weighted by Gasteiger charge is -2.22. The lowest BCUT2D eigenvalue weighted by Crippen LogP contribution is -2.55. The number of carbonyl (C=O) groups is 4. The van der Waals surface area contributed by atoms with Crippen molar-refractivity contribution in [3.05, 3.63) is 0 Å². The molecular formula is C15H29N7O4. The number of guanidine groups is 1. The van der Waals surface area contributed by atoms with Gasteiger partial charge in [-0.05, 0) is 26.7 Å². The van der Waals surface area contributed by atoms with Gasteiger partial charge in [0.05, 0.1) is 0 Å². The molecule has 0 spiro atoms. The topological polar surface area (TPSA) is 181 Å². The van der Waals surface area contributed by atoms with Crippen molar-refractivity contribution in [3.8, 4) is 0 Å². The van der Waals surface area contributed by atoms with Crippen molar-refractivity contribution in [1.82, 2.24) is 21.3 Å². The molecule has 0 fully saturated rings. The van der Waals surface area contributed by atoms with E-state index in [0.29, 0.717) is 6.42 Å². The monoisotopic (exact) mass is 371 g/mol. The van der Waals surface area contributed by atoms with E-state index in [-0.39, 0.29) is 30.7 Å². The molecule has 0 bridgehead atoms. The maximum absolute atomic E-state index is 12.4. The Balaban J connectivity index is 4.94. The first-order valence-electron chi connectivity index (χ1n) is 8.23. The number of hydrogen-bond donors (Lipinski definition) is 6. The molecule has 148 valence electrons. The van der Waals surface area contributed by atoms with Crippen LogP contribution in [-0.2, 0) is 19.2 Å². The molecule has 0 saturated carbocycles. The van der Waals surface area contributed by atoms with Gasteiger partial charge < -0.3 is 32.7 Å². The van der Waals surface area contributed by atoms with Gasteiger partial charge in [-0.2, -0.15) is 0 Å². The van der Waals surface area contributed by atoms with Gasteiger partial charge >= 0.3 is 0 Å². The molecule has 0 aliphatic heterocycles. The predicted octanol–water partition coefficient (Wildman–Crippen LogP) is -2.70. The van der Waals surface area contributed by atoms with Gasteiger partial charge in [0.15, 0.2) is 5.96 Å². The number of nitrogens with zero attached hydrogens (tertiary/aromatic N) is 1. The van der Waals surface area contributed by atoms with Crippen LogP contribution in [0.3, 0.4) is 0 Å². The molecule has 26 heavy (non-hydrogen) atoms. The van der Waals surface area contributed by atoms with Crippen LogP contribution in [0.4, 0.5) is 0 Å². The molecule has 11 heteroatoms. The molecule has 0 saturated heterocycles. The Morgan fingerprint density at radius 3 is 2.00 bits per heavy atom. The Morgan fingerprint density at radius 2 is 1.50 bits per heavy atom. The summed E-state index contributed by atoms with van der Waals surface area (Å²) in [7, 11) is 1.45. The molecular weight excluding hydrogens is 342 g/mol. The largest absolute Gasteiger partial charge is 0.370 e. The first kappa shape index (κ1) is 23.1. The van der Waals surface area contributed by atoms with Gasteiger partial charge in [0.25, 0.3) is 0 Å². The van der Waals surface area contributed by atoms with Crippen molar-refractivity contribution < 1.29 is 19.2 Å². The van der Waals surface area contributed by atoms with E-state index < -0.39 is 29.9 Å². The molecule has 0 aliphatic rings. The number of hydrogen-bond acceptors (Lipinski definition) is 5. The zero-order valence-corrected chi connectivity index (χ0v) is 15.6. The van der Waals surface area contributed by atoms with Crippen LogP contribution in [0, 0.1) is 0 Å². The van der Waals surface area contributed by atoms with Crippen LogP contribution in [0.2, 0.25) is 0 Å². The maximum Gasteiger partial charge on any atom is 0.243 e. The smallest absolute Gasteiger partial charge is 0.243 e. The fourth-order valence-corrected chi connectivity index (χ4v) is 2.04. The maximum atomic E-state index is 12.4. The lowest BCUT2D eigenvalue weighted by molar-refractivity contribution is -0.133. The fraction of sp³-hybridized carbons (Fsp3) is 0.667. The predicted molar refractivity (Wildman–Crippen MR) is 96.8 cm³/mol. The minimum atomic E-state index is -0.903. The van der Waals surface area contributed by atoms with Crippen LogP contribution in [0.25, 0.3) is 0 Å². The van der Waals surface area contributed by atoms with Crippen LogP contribution >= 0.6 is 0 Å². The van der Waals surface area contributed by atoms with E-state index in [0.717, 1.165) is 0 Å². The fourth-order valence-electron chi connectivity index (χ4n) is 2.04. The normalized spacial score (nSPS) is 13.5. The lowest BCUT2D eigenvalue weighted by atomic mass is 10.1. The highest BCUT2D eigenvalue weighted by Crippen LogP contribution is 2.01. The second-order valence-electron chi connectivity index (χ2n) is 5.78. The Kier molecular flexibility index (Phi) is 10.4. The number of carbonyl (C=O) groups excluding carboxylic acids is 4. The van der Waals surface area contributed by atoms with Gasteiger partial charge in [0, 0.05) is 20.5 Å². The van der Waals surface area contributed by atoms with E-state index in [1.165, 1.54) is 27.8 Å². The zero-order chi connectivity index (χ0) is 20.3. The van der Waals surface area contributed by atoms with E-state index in [1.807, 2.05) is 0 Å². The first-order chi connectivity index (χ1) is 12.1. The van der Waals surface area contributed by atoms with E-state index in [1.54, 1.807) is 0 Å². The third kappa shape index (κ3) is 9.45. The van der Waals surface area contributed by atoms with E-state index in [2.05, 4.69) is 26.3 Å². The van der Waals surface area contributed by atoms with E-state index in [4.69, 9.17) is 11.5 Å². The molecule has 0 aromatic rings. The summed E-state index contributed by atoms with van der Waals surface area (Å²) in [5.41, 5.74) is 10.5. The Morgan fingerprint density at radius 1 is 0.923 bits per heavy atom. The standard InChI is InChI=1S/C15H29N7O4/c1-8(12(24)18-4)21-14(26)11(6-5-7-19-15(16)17)22-13(25)9(2)20-10(3)23/h8-9,11H,5-7H2,1-4H3,(H,18,24)(H,20,23)(H,21,26)(H,22,25)(H4,16,17,19)/t8-,9-,11-/m0/s1. The van der Waals surface area contributed by atoms with Crippen molar-refractivity contribution >= 4 is 29.6 Å². The molecule has 4 amide bonds. The van der Waals surface area contributed by atoms with Crippen molar-refractivity contribution in [2.45, 2.75) is 51.7 Å². The van der Waals surface area contributed by atoms with Crippen molar-refractivity contribution in [1.29, 1.82) is 0 Å². The van der Waals surface area contributed by atoms with Gasteiger partial charge in [-0.1, -0.05) is 0 Å². The zero-order valence-electron chi connectivity index (χ0n) is 15.6. The van der Waals surface area contributed by atoms with Crippen LogP contribution < -0.4 is 32.7 Å². The van der Waals surface area contributed by atoms with Crippen LogP contribution in [0.15, 0.2) is 4.99 Å². The number of rotatable bonds is 10. The average molecular weight is 371 g/mol. The average Bonchev–Trinajstić information content (AvgIpc) is 2.55. The summed E-state index contributed by atoms with van der Waals surface area (Å²) in [4.78, 5) is 51.0. The van der Waals surface area contributed by atoms with Crippen LogP contribution in [0.1, 0.15) is 33.6 Å². The highest BCUT2D eigenvalue weighted by atomic mass is 16.2. The van der Waals surface area contributed by atoms with Gasteiger partial charge in [-0.3, -0.25) is 24.2 Å². The molecule has 0 aliphatic carbocycles. The van der Waals surface area contributed by atoms with Crippen molar-refractivity contribution in [3.63, 3.8) is 0 Å². The number of nitrogens with two attached hydrogens (primary N) is 2. The Labute approximate surface area is 152 Å². The highest BCUT2D eigenvalue weighted by molar-refractivity contribution is 5.93. The third-order valence-electron chi connectivity index (χ3n) is 3.39. The summed E-state index contributed by atoms with van der Waals surface area (Å²) in [5.74, 6) is -1.84. The summed E-state index contributed by atoms with van der Waals surface area (Å²) in [6, 6.07) is -2.48. The van der Waals surface area contributed by atoms with E-state index in [9.17, 15) is 19.2 Å². The Hall–Kier alpha value is -2.85. The summed E-state index contributed by atoms with van der Waals surface area (Å²) < 4.78 is 0. The van der Waals surface area contributed by atoms with Crippen molar-refractivity contribution in [2.75, 3.05) is 13.6 Å². The molecule has 11 nitrogen and oxygen atoms in total. The minimum Gasteiger partial charge on any atom is -0.370 e. The first-order valence-corrected chi connectivity index (χ1v) is 8.23. The summed E-state index contributed by atoms with van der Waals surface area (Å²) in [5, 5.41) is 9.95. The number of nitrogens with one attached hydrogen (secondary N) is 4.